The lowest BCUT2D eigenvalue weighted by molar-refractivity contribution is -0.119. The number of alkyl halides is 2. The first-order valence-corrected chi connectivity index (χ1v) is 9.41. The highest BCUT2D eigenvalue weighted by molar-refractivity contribution is 5.97. The van der Waals surface area contributed by atoms with Gasteiger partial charge in [0.25, 0.3) is 5.91 Å². The molecule has 9 heteroatoms. The maximum atomic E-state index is 12.7. The Hall–Kier alpha value is -3.36. The third-order valence-electron chi connectivity index (χ3n) is 4.58. The van der Waals surface area contributed by atoms with E-state index >= 15 is 0 Å². The highest BCUT2D eigenvalue weighted by Gasteiger charge is 2.22. The average molecular weight is 420 g/mol. The van der Waals surface area contributed by atoms with Gasteiger partial charge in [0, 0.05) is 24.5 Å². The third kappa shape index (κ3) is 5.37. The number of nitrogens with zero attached hydrogens (tertiary/aromatic N) is 1. The van der Waals surface area contributed by atoms with Crippen LogP contribution in [0, 0.1) is 0 Å². The van der Waals surface area contributed by atoms with Gasteiger partial charge in [0.1, 0.15) is 5.56 Å². The molecule has 1 fully saturated rings. The number of carbonyl (C=O) groups is 2. The Labute approximate surface area is 172 Å². The topological polar surface area (TPSA) is 77.1 Å². The predicted molar refractivity (Wildman–Crippen MR) is 106 cm³/mol. The van der Waals surface area contributed by atoms with Crippen LogP contribution < -0.4 is 19.7 Å². The molecule has 1 aliphatic heterocycles. The monoisotopic (exact) mass is 420 g/mol. The van der Waals surface area contributed by atoms with E-state index in [1.807, 2.05) is 12.1 Å². The number of hydrogen-bond acceptors (Lipinski definition) is 6. The fraction of sp³-hybridized carbons (Fsp3) is 0.333. The summed E-state index contributed by atoms with van der Waals surface area (Å²) in [5.74, 6) is -2.04. The smallest absolute Gasteiger partial charge is 0.387 e. The summed E-state index contributed by atoms with van der Waals surface area (Å²) in [6.45, 7) is -1.70. The molecule has 1 aliphatic rings. The summed E-state index contributed by atoms with van der Waals surface area (Å²) in [6, 6.07) is 11.4. The van der Waals surface area contributed by atoms with Crippen molar-refractivity contribution >= 4 is 23.3 Å². The molecule has 0 aliphatic carbocycles. The van der Waals surface area contributed by atoms with Crippen LogP contribution in [0.4, 0.5) is 20.2 Å². The number of amides is 1. The summed E-state index contributed by atoms with van der Waals surface area (Å²) < 4.78 is 39.6. The van der Waals surface area contributed by atoms with Crippen molar-refractivity contribution in [3.05, 3.63) is 48.0 Å². The Morgan fingerprint density at radius 1 is 1.10 bits per heavy atom. The lowest BCUT2D eigenvalue weighted by Gasteiger charge is -2.17. The highest BCUT2D eigenvalue weighted by Crippen LogP contribution is 2.33. The van der Waals surface area contributed by atoms with Crippen LogP contribution in [0.15, 0.2) is 42.5 Å². The number of esters is 1. The van der Waals surface area contributed by atoms with E-state index < -0.39 is 30.8 Å². The standard InChI is InChI=1S/C21H22F2N2O5/c1-28-17-6-4-5-16(19(17)30-21(22)23)20(27)29-13-18(26)24-14-7-9-15(10-8-14)25-11-2-3-12-25/h4-10,21H,2-3,11-13H2,1H3,(H,24,26). The second kappa shape index (κ2) is 9.91. The minimum Gasteiger partial charge on any atom is -0.493 e. The van der Waals surface area contributed by atoms with Gasteiger partial charge < -0.3 is 24.4 Å². The van der Waals surface area contributed by atoms with Crippen molar-refractivity contribution in [2.24, 2.45) is 0 Å². The van der Waals surface area contributed by atoms with Gasteiger partial charge in [-0.1, -0.05) is 6.07 Å². The Kier molecular flexibility index (Phi) is 7.05. The normalized spacial score (nSPS) is 13.3. The van der Waals surface area contributed by atoms with Crippen molar-refractivity contribution in [3.63, 3.8) is 0 Å². The fourth-order valence-electron chi connectivity index (χ4n) is 3.18. The van der Waals surface area contributed by atoms with Crippen LogP contribution in [0.3, 0.4) is 0 Å². The van der Waals surface area contributed by atoms with Crippen molar-refractivity contribution in [3.8, 4) is 11.5 Å². The second-order valence-corrected chi connectivity index (χ2v) is 6.58. The summed E-state index contributed by atoms with van der Waals surface area (Å²) in [5.41, 5.74) is 1.38. The number of anilines is 2. The van der Waals surface area contributed by atoms with Crippen LogP contribution in [0.25, 0.3) is 0 Å². The Bertz CT molecular complexity index is 883. The summed E-state index contributed by atoms with van der Waals surface area (Å²) >= 11 is 0. The molecular formula is C21H22F2N2O5. The molecule has 7 nitrogen and oxygen atoms in total. The van der Waals surface area contributed by atoms with Crippen LogP contribution in [0.5, 0.6) is 11.5 Å². The molecule has 0 saturated carbocycles. The molecule has 1 saturated heterocycles. The number of para-hydroxylation sites is 1. The molecule has 0 aromatic heterocycles. The number of rotatable bonds is 8. The van der Waals surface area contributed by atoms with Gasteiger partial charge in [-0.15, -0.1) is 0 Å². The Morgan fingerprint density at radius 2 is 1.80 bits per heavy atom. The van der Waals surface area contributed by atoms with Gasteiger partial charge in [0.05, 0.1) is 7.11 Å². The van der Waals surface area contributed by atoms with Gasteiger partial charge in [0.2, 0.25) is 0 Å². The zero-order valence-corrected chi connectivity index (χ0v) is 16.4. The first kappa shape index (κ1) is 21.4. The van der Waals surface area contributed by atoms with Crippen LogP contribution in [-0.4, -0.2) is 45.3 Å². The number of carbonyl (C=O) groups excluding carboxylic acids is 2. The van der Waals surface area contributed by atoms with Crippen LogP contribution in [0.2, 0.25) is 0 Å². The number of methoxy groups -OCH3 is 1. The molecule has 1 amide bonds. The first-order chi connectivity index (χ1) is 14.5. The zero-order valence-electron chi connectivity index (χ0n) is 16.4. The quantitative estimate of drug-likeness (QED) is 0.657. The number of ether oxygens (including phenoxy) is 3. The predicted octanol–water partition coefficient (Wildman–Crippen LogP) is 3.69. The van der Waals surface area contributed by atoms with Gasteiger partial charge in [0.15, 0.2) is 18.1 Å². The molecule has 160 valence electrons. The van der Waals surface area contributed by atoms with Gasteiger partial charge in [-0.05, 0) is 49.2 Å². The molecule has 30 heavy (non-hydrogen) atoms. The molecular weight excluding hydrogens is 398 g/mol. The SMILES string of the molecule is COc1cccc(C(=O)OCC(=O)Nc2ccc(N3CCCC3)cc2)c1OC(F)F. The van der Waals surface area contributed by atoms with Crippen LogP contribution >= 0.6 is 0 Å². The zero-order chi connectivity index (χ0) is 21.5. The van der Waals surface area contributed by atoms with Crippen molar-refractivity contribution in [2.75, 3.05) is 37.0 Å². The molecule has 0 radical (unpaired) electrons. The van der Waals surface area contributed by atoms with Gasteiger partial charge in [-0.2, -0.15) is 8.78 Å². The van der Waals surface area contributed by atoms with Gasteiger partial charge >= 0.3 is 12.6 Å². The van der Waals surface area contributed by atoms with E-state index in [1.165, 1.54) is 38.2 Å². The minimum atomic E-state index is -3.15. The molecule has 0 spiro atoms. The summed E-state index contributed by atoms with van der Waals surface area (Å²) in [4.78, 5) is 26.6. The molecule has 1 N–H and O–H groups in total. The molecule has 3 rings (SSSR count). The fourth-order valence-corrected chi connectivity index (χ4v) is 3.18. The van der Waals surface area contributed by atoms with E-state index in [4.69, 9.17) is 9.47 Å². The number of benzene rings is 2. The molecule has 1 heterocycles. The lowest BCUT2D eigenvalue weighted by Crippen LogP contribution is -2.22. The lowest BCUT2D eigenvalue weighted by atomic mass is 10.2. The molecule has 0 unspecified atom stereocenters. The molecule has 2 aromatic rings. The maximum Gasteiger partial charge on any atom is 0.387 e. The third-order valence-corrected chi connectivity index (χ3v) is 4.58. The van der Waals surface area contributed by atoms with Gasteiger partial charge in [-0.25, -0.2) is 4.79 Å². The van der Waals surface area contributed by atoms with E-state index in [2.05, 4.69) is 15.0 Å². The van der Waals surface area contributed by atoms with E-state index in [0.29, 0.717) is 5.69 Å². The Balaban J connectivity index is 1.57. The van der Waals surface area contributed by atoms with Crippen molar-refractivity contribution in [1.82, 2.24) is 0 Å². The van der Waals surface area contributed by atoms with Crippen molar-refractivity contribution in [2.45, 2.75) is 19.5 Å². The number of nitrogens with one attached hydrogen (secondary N) is 1. The van der Waals surface area contributed by atoms with Gasteiger partial charge in [-0.3, -0.25) is 4.79 Å². The average Bonchev–Trinajstić information content (AvgIpc) is 3.27. The largest absolute Gasteiger partial charge is 0.493 e. The number of halogens is 2. The maximum absolute atomic E-state index is 12.7. The number of hydrogen-bond donors (Lipinski definition) is 1. The second-order valence-electron chi connectivity index (χ2n) is 6.58. The van der Waals surface area contributed by atoms with E-state index in [1.54, 1.807) is 12.1 Å². The van der Waals surface area contributed by atoms with Crippen LogP contribution in [0.1, 0.15) is 23.2 Å². The van der Waals surface area contributed by atoms with E-state index in [-0.39, 0.29) is 11.3 Å². The minimum absolute atomic E-state index is 0.0488. The Morgan fingerprint density at radius 3 is 2.43 bits per heavy atom. The summed E-state index contributed by atoms with van der Waals surface area (Å²) in [6.07, 6.45) is 2.34. The molecule has 2 aromatic carbocycles. The highest BCUT2D eigenvalue weighted by atomic mass is 19.3. The van der Waals surface area contributed by atoms with Crippen molar-refractivity contribution < 1.29 is 32.6 Å². The first-order valence-electron chi connectivity index (χ1n) is 9.41. The summed E-state index contributed by atoms with van der Waals surface area (Å²) in [5, 5.41) is 2.63. The molecule has 0 bridgehead atoms. The van der Waals surface area contributed by atoms with E-state index in [9.17, 15) is 18.4 Å². The summed E-state index contributed by atoms with van der Waals surface area (Å²) in [7, 11) is 1.26. The van der Waals surface area contributed by atoms with Crippen LogP contribution in [-0.2, 0) is 9.53 Å². The molecule has 0 atom stereocenters. The van der Waals surface area contributed by atoms with E-state index in [0.717, 1.165) is 18.8 Å². The van der Waals surface area contributed by atoms with Crippen molar-refractivity contribution in [1.29, 1.82) is 0 Å².